The summed E-state index contributed by atoms with van der Waals surface area (Å²) in [6.07, 6.45) is 9.45. The predicted molar refractivity (Wildman–Crippen MR) is 39.8 cm³/mol. The van der Waals surface area contributed by atoms with Gasteiger partial charge in [-0.25, -0.2) is 0 Å². The molecule has 1 nitrogen and oxygen atoms in total. The van der Waals surface area contributed by atoms with Gasteiger partial charge in [0.05, 0.1) is 5.71 Å². The lowest BCUT2D eigenvalue weighted by molar-refractivity contribution is 1.50. The van der Waals surface area contributed by atoms with Crippen LogP contribution in [-0.2, 0) is 0 Å². The molecule has 1 rings (SSSR count). The molecule has 0 bridgehead atoms. The van der Waals surface area contributed by atoms with Gasteiger partial charge in [0.25, 0.3) is 0 Å². The molecule has 46 valence electrons. The van der Waals surface area contributed by atoms with E-state index in [1.165, 1.54) is 5.57 Å². The molecule has 0 heterocycles. The average Bonchev–Trinajstić information content (AvgIpc) is 1.90. The third kappa shape index (κ3) is 1.39. The van der Waals surface area contributed by atoms with E-state index in [2.05, 4.69) is 0 Å². The van der Waals surface area contributed by atoms with E-state index in [1.54, 1.807) is 12.2 Å². The molecule has 0 aromatic heterocycles. The summed E-state index contributed by atoms with van der Waals surface area (Å²) in [5.74, 6) is 0. The first kappa shape index (κ1) is 6.02. The molecule has 0 amide bonds. The number of allylic oxidation sites excluding steroid dienone is 6. The van der Waals surface area contributed by atoms with Crippen LogP contribution < -0.4 is 0 Å². The first-order chi connectivity index (χ1) is 4.33. The van der Waals surface area contributed by atoms with Crippen LogP contribution in [0.25, 0.3) is 0 Å². The zero-order chi connectivity index (χ0) is 6.69. The van der Waals surface area contributed by atoms with Gasteiger partial charge in [-0.2, -0.15) is 0 Å². The molecule has 0 spiro atoms. The smallest absolute Gasteiger partial charge is 0.0540 e. The molecule has 0 aromatic carbocycles. The van der Waals surface area contributed by atoms with Crippen molar-refractivity contribution in [1.29, 1.82) is 5.41 Å². The van der Waals surface area contributed by atoms with Gasteiger partial charge in [-0.1, -0.05) is 18.2 Å². The average molecular weight is 119 g/mol. The normalized spacial score (nSPS) is 16.6. The molecule has 0 radical (unpaired) electrons. The fraction of sp³-hybridized carbons (Fsp3) is 0.125. The monoisotopic (exact) mass is 119 g/mol. The van der Waals surface area contributed by atoms with E-state index >= 15 is 0 Å². The topological polar surface area (TPSA) is 23.9 Å². The van der Waals surface area contributed by atoms with Gasteiger partial charge >= 0.3 is 0 Å². The van der Waals surface area contributed by atoms with Gasteiger partial charge in [0.2, 0.25) is 0 Å². The maximum Gasteiger partial charge on any atom is 0.0540 e. The zero-order valence-electron chi connectivity index (χ0n) is 5.39. The molecule has 0 aliphatic heterocycles. The van der Waals surface area contributed by atoms with E-state index in [4.69, 9.17) is 5.41 Å². The molecule has 0 unspecified atom stereocenters. The molecule has 0 atom stereocenters. The Labute approximate surface area is 54.9 Å². The molecular formula is C8H9N. The molecule has 0 saturated heterocycles. The van der Waals surface area contributed by atoms with E-state index in [1.807, 2.05) is 25.2 Å². The lowest BCUT2D eigenvalue weighted by Gasteiger charge is -1.97. The van der Waals surface area contributed by atoms with Crippen LogP contribution in [0.5, 0.6) is 0 Å². The van der Waals surface area contributed by atoms with Gasteiger partial charge < -0.3 is 5.41 Å². The van der Waals surface area contributed by atoms with Crippen molar-refractivity contribution in [2.45, 2.75) is 6.92 Å². The zero-order valence-corrected chi connectivity index (χ0v) is 5.39. The highest BCUT2D eigenvalue weighted by Crippen LogP contribution is 2.04. The minimum Gasteiger partial charge on any atom is -0.301 e. The Hall–Kier alpha value is -1.11. The van der Waals surface area contributed by atoms with E-state index in [0.717, 1.165) is 0 Å². The van der Waals surface area contributed by atoms with Crippen LogP contribution in [0, 0.1) is 5.41 Å². The fourth-order valence-electron chi connectivity index (χ4n) is 0.676. The summed E-state index contributed by atoms with van der Waals surface area (Å²) >= 11 is 0. The van der Waals surface area contributed by atoms with Crippen molar-refractivity contribution in [3.63, 3.8) is 0 Å². The van der Waals surface area contributed by atoms with Gasteiger partial charge in [-0.3, -0.25) is 0 Å². The first-order valence-electron chi connectivity index (χ1n) is 2.94. The summed E-state index contributed by atoms with van der Waals surface area (Å²) < 4.78 is 0. The molecule has 1 N–H and O–H groups in total. The molecule has 0 saturated carbocycles. The van der Waals surface area contributed by atoms with E-state index < -0.39 is 0 Å². The molecule has 1 aliphatic carbocycles. The molecule has 1 aliphatic rings. The van der Waals surface area contributed by atoms with Gasteiger partial charge in [-0.05, 0) is 24.6 Å². The quantitative estimate of drug-likeness (QED) is 0.504. The third-order valence-electron chi connectivity index (χ3n) is 1.24. The maximum absolute atomic E-state index is 7.15. The fourth-order valence-corrected chi connectivity index (χ4v) is 0.676. The minimum atomic E-state index is 0.570. The van der Waals surface area contributed by atoms with Crippen molar-refractivity contribution >= 4 is 5.71 Å². The number of hydrogen-bond acceptors (Lipinski definition) is 1. The molecule has 1 heteroatoms. The van der Waals surface area contributed by atoms with Gasteiger partial charge in [0.15, 0.2) is 0 Å². The highest BCUT2D eigenvalue weighted by Gasteiger charge is 1.91. The maximum atomic E-state index is 7.15. The first-order valence-corrected chi connectivity index (χ1v) is 2.94. The third-order valence-corrected chi connectivity index (χ3v) is 1.24. The number of rotatable bonds is 0. The summed E-state index contributed by atoms with van der Waals surface area (Å²) in [5, 5.41) is 7.15. The Morgan fingerprint density at radius 1 is 1.22 bits per heavy atom. The van der Waals surface area contributed by atoms with Crippen LogP contribution in [-0.4, -0.2) is 5.71 Å². The summed E-state index contributed by atoms with van der Waals surface area (Å²) in [4.78, 5) is 0. The molecule has 0 fully saturated rings. The molecule has 0 aromatic rings. The summed E-state index contributed by atoms with van der Waals surface area (Å²) in [6.45, 7) is 1.99. The lowest BCUT2D eigenvalue weighted by Crippen LogP contribution is -1.89. The summed E-state index contributed by atoms with van der Waals surface area (Å²) in [6, 6.07) is 0. The van der Waals surface area contributed by atoms with Crippen molar-refractivity contribution in [3.8, 4) is 0 Å². The Bertz CT molecular complexity index is 189. The Balaban J connectivity index is 2.82. The van der Waals surface area contributed by atoms with E-state index in [-0.39, 0.29) is 0 Å². The second kappa shape index (κ2) is 2.44. The second-order valence-corrected chi connectivity index (χ2v) is 1.91. The van der Waals surface area contributed by atoms with Crippen molar-refractivity contribution in [2.75, 3.05) is 0 Å². The summed E-state index contributed by atoms with van der Waals surface area (Å²) in [7, 11) is 0. The predicted octanol–water partition coefficient (Wildman–Crippen LogP) is 2.08. The highest BCUT2D eigenvalue weighted by molar-refractivity contribution is 6.03. The van der Waals surface area contributed by atoms with Crippen LogP contribution in [0.15, 0.2) is 36.0 Å². The standard InChI is InChI=1S/C8H9N/c1-2-7-3-5-8(9)6-4-7/h2-6,9H,1H3. The Morgan fingerprint density at radius 2 is 1.78 bits per heavy atom. The lowest BCUT2D eigenvalue weighted by atomic mass is 10.1. The summed E-state index contributed by atoms with van der Waals surface area (Å²) in [5.41, 5.74) is 1.74. The minimum absolute atomic E-state index is 0.570. The van der Waals surface area contributed by atoms with E-state index in [0.29, 0.717) is 5.71 Å². The van der Waals surface area contributed by atoms with E-state index in [9.17, 15) is 0 Å². The van der Waals surface area contributed by atoms with Crippen molar-refractivity contribution in [3.05, 3.63) is 36.0 Å². The second-order valence-electron chi connectivity index (χ2n) is 1.91. The SMILES string of the molecule is CC=C1C=CC(=N)C=C1. The Morgan fingerprint density at radius 3 is 2.22 bits per heavy atom. The largest absolute Gasteiger partial charge is 0.301 e. The van der Waals surface area contributed by atoms with Crippen LogP contribution in [0.3, 0.4) is 0 Å². The van der Waals surface area contributed by atoms with Crippen LogP contribution in [0.2, 0.25) is 0 Å². The molecule has 9 heavy (non-hydrogen) atoms. The van der Waals surface area contributed by atoms with Crippen molar-refractivity contribution in [1.82, 2.24) is 0 Å². The van der Waals surface area contributed by atoms with Gasteiger partial charge in [-0.15, -0.1) is 0 Å². The van der Waals surface area contributed by atoms with Crippen LogP contribution in [0.4, 0.5) is 0 Å². The number of hydrogen-bond donors (Lipinski definition) is 1. The number of nitrogens with one attached hydrogen (secondary N) is 1. The van der Waals surface area contributed by atoms with Gasteiger partial charge in [0.1, 0.15) is 0 Å². The van der Waals surface area contributed by atoms with Crippen LogP contribution in [0.1, 0.15) is 6.92 Å². The van der Waals surface area contributed by atoms with Gasteiger partial charge in [0, 0.05) is 0 Å². The molecular weight excluding hydrogens is 110 g/mol. The van der Waals surface area contributed by atoms with Crippen LogP contribution >= 0.6 is 0 Å². The van der Waals surface area contributed by atoms with Crippen molar-refractivity contribution < 1.29 is 0 Å². The Kier molecular flexibility index (Phi) is 1.63. The highest BCUT2D eigenvalue weighted by atomic mass is 14.4. The van der Waals surface area contributed by atoms with Crippen molar-refractivity contribution in [2.24, 2.45) is 0 Å².